The molecule has 2 fully saturated rings. The van der Waals surface area contributed by atoms with Gasteiger partial charge in [0.25, 0.3) is 0 Å². The quantitative estimate of drug-likeness (QED) is 0.320. The second-order valence-corrected chi connectivity index (χ2v) is 6.13. The summed E-state index contributed by atoms with van der Waals surface area (Å²) < 4.78 is 11.0. The lowest BCUT2D eigenvalue weighted by atomic mass is 9.82. The summed E-state index contributed by atoms with van der Waals surface area (Å²) in [4.78, 5) is 11.7. The van der Waals surface area contributed by atoms with Gasteiger partial charge in [-0.25, -0.2) is 4.79 Å². The number of aliphatic hydroxyl groups is 2. The molecule has 0 spiro atoms. The van der Waals surface area contributed by atoms with Gasteiger partial charge in [-0.05, 0) is 31.4 Å². The second kappa shape index (κ2) is 4.69. The third-order valence-corrected chi connectivity index (χ3v) is 4.66. The summed E-state index contributed by atoms with van der Waals surface area (Å²) in [7, 11) is 0. The highest BCUT2D eigenvalue weighted by atomic mass is 16.6. The molecule has 0 aromatic carbocycles. The predicted molar refractivity (Wildman–Crippen MR) is 70.8 cm³/mol. The second-order valence-electron chi connectivity index (χ2n) is 6.13. The zero-order valence-electron chi connectivity index (χ0n) is 11.5. The molecule has 1 aliphatic carbocycles. The van der Waals surface area contributed by atoms with Gasteiger partial charge in [0.15, 0.2) is 0 Å². The Bertz CT molecular complexity index is 483. The molecule has 2 heterocycles. The first-order valence-corrected chi connectivity index (χ1v) is 7.00. The van der Waals surface area contributed by atoms with Crippen LogP contribution in [0.2, 0.25) is 0 Å². The van der Waals surface area contributed by atoms with Crippen molar-refractivity contribution in [3.8, 4) is 0 Å². The lowest BCUT2D eigenvalue weighted by molar-refractivity contribution is -0.137. The van der Waals surface area contributed by atoms with Crippen molar-refractivity contribution in [2.24, 2.45) is 5.92 Å². The molecule has 3 rings (SSSR count). The van der Waals surface area contributed by atoms with Gasteiger partial charge in [-0.3, -0.25) is 0 Å². The van der Waals surface area contributed by atoms with E-state index in [1.54, 1.807) is 6.08 Å². The SMILES string of the molecule is C=C1C(=O)OC2C=C(CO)CCC3OC3(C)CC(O)C12. The predicted octanol–water partition coefficient (Wildman–Crippen LogP) is 0.705. The van der Waals surface area contributed by atoms with E-state index in [4.69, 9.17) is 9.47 Å². The van der Waals surface area contributed by atoms with E-state index >= 15 is 0 Å². The monoisotopic (exact) mass is 280 g/mol. The molecule has 0 aromatic rings. The molecule has 0 aromatic heterocycles. The van der Waals surface area contributed by atoms with Crippen molar-refractivity contribution in [2.45, 2.75) is 50.1 Å². The van der Waals surface area contributed by atoms with Crippen molar-refractivity contribution >= 4 is 5.97 Å². The topological polar surface area (TPSA) is 79.3 Å². The van der Waals surface area contributed by atoms with Crippen LogP contribution in [0, 0.1) is 5.92 Å². The van der Waals surface area contributed by atoms with Crippen LogP contribution in [0.15, 0.2) is 23.8 Å². The Kier molecular flexibility index (Phi) is 3.23. The number of esters is 1. The van der Waals surface area contributed by atoms with Crippen molar-refractivity contribution in [2.75, 3.05) is 6.61 Å². The van der Waals surface area contributed by atoms with Gasteiger partial charge in [0, 0.05) is 12.0 Å². The molecule has 0 amide bonds. The van der Waals surface area contributed by atoms with Crippen LogP contribution in [0.3, 0.4) is 0 Å². The molecule has 2 N–H and O–H groups in total. The number of carbonyl (C=O) groups is 1. The van der Waals surface area contributed by atoms with Gasteiger partial charge in [0.2, 0.25) is 0 Å². The number of fused-ring (bicyclic) bond motifs is 2. The zero-order valence-corrected chi connectivity index (χ0v) is 11.5. The molecule has 2 saturated heterocycles. The summed E-state index contributed by atoms with van der Waals surface area (Å²) >= 11 is 0. The first-order valence-electron chi connectivity index (χ1n) is 7.00. The van der Waals surface area contributed by atoms with E-state index in [1.807, 2.05) is 6.92 Å². The van der Waals surface area contributed by atoms with Crippen LogP contribution in [0.1, 0.15) is 26.2 Å². The molecule has 110 valence electrons. The summed E-state index contributed by atoms with van der Waals surface area (Å²) in [6.45, 7) is 5.64. The number of hydrogen-bond acceptors (Lipinski definition) is 5. The molecular weight excluding hydrogens is 260 g/mol. The van der Waals surface area contributed by atoms with Crippen LogP contribution in [0.25, 0.3) is 0 Å². The maximum absolute atomic E-state index is 11.7. The van der Waals surface area contributed by atoms with Crippen LogP contribution in [-0.2, 0) is 14.3 Å². The van der Waals surface area contributed by atoms with E-state index in [0.717, 1.165) is 12.0 Å². The number of rotatable bonds is 1. The lowest BCUT2D eigenvalue weighted by Gasteiger charge is -2.24. The molecule has 5 nitrogen and oxygen atoms in total. The summed E-state index contributed by atoms with van der Waals surface area (Å²) in [6.07, 6.45) is 2.58. The number of aliphatic hydroxyl groups excluding tert-OH is 2. The minimum absolute atomic E-state index is 0.0766. The van der Waals surface area contributed by atoms with Crippen LogP contribution >= 0.6 is 0 Å². The molecule has 20 heavy (non-hydrogen) atoms. The van der Waals surface area contributed by atoms with E-state index in [9.17, 15) is 15.0 Å². The maximum Gasteiger partial charge on any atom is 0.334 e. The summed E-state index contributed by atoms with van der Waals surface area (Å²) in [5.74, 6) is -0.922. The Hall–Kier alpha value is -1.17. The number of epoxide rings is 1. The van der Waals surface area contributed by atoms with Crippen molar-refractivity contribution < 1.29 is 24.5 Å². The molecule has 0 saturated carbocycles. The zero-order chi connectivity index (χ0) is 14.5. The van der Waals surface area contributed by atoms with E-state index in [0.29, 0.717) is 18.4 Å². The van der Waals surface area contributed by atoms with Crippen LogP contribution in [-0.4, -0.2) is 46.7 Å². The Morgan fingerprint density at radius 3 is 3.00 bits per heavy atom. The molecule has 0 bridgehead atoms. The summed E-state index contributed by atoms with van der Waals surface area (Å²) in [5.41, 5.74) is 0.778. The van der Waals surface area contributed by atoms with Crippen LogP contribution in [0.5, 0.6) is 0 Å². The van der Waals surface area contributed by atoms with E-state index in [1.165, 1.54) is 0 Å². The Morgan fingerprint density at radius 2 is 2.30 bits per heavy atom. The van der Waals surface area contributed by atoms with Crippen LogP contribution < -0.4 is 0 Å². The maximum atomic E-state index is 11.7. The Balaban J connectivity index is 1.93. The third-order valence-electron chi connectivity index (χ3n) is 4.66. The van der Waals surface area contributed by atoms with E-state index in [2.05, 4.69) is 6.58 Å². The van der Waals surface area contributed by atoms with Crippen molar-refractivity contribution in [3.63, 3.8) is 0 Å². The Morgan fingerprint density at radius 1 is 1.55 bits per heavy atom. The number of hydrogen-bond donors (Lipinski definition) is 2. The highest BCUT2D eigenvalue weighted by molar-refractivity contribution is 5.91. The van der Waals surface area contributed by atoms with Crippen molar-refractivity contribution in [1.29, 1.82) is 0 Å². The molecule has 3 aliphatic rings. The minimum Gasteiger partial charge on any atom is -0.454 e. The first kappa shape index (κ1) is 13.8. The average Bonchev–Trinajstić information content (AvgIpc) is 2.93. The minimum atomic E-state index is -0.733. The molecule has 5 heteroatoms. The lowest BCUT2D eigenvalue weighted by Crippen LogP contribution is -2.33. The van der Waals surface area contributed by atoms with Crippen LogP contribution in [0.4, 0.5) is 0 Å². The fourth-order valence-corrected chi connectivity index (χ4v) is 3.34. The fraction of sp³-hybridized carbons (Fsp3) is 0.667. The van der Waals surface area contributed by atoms with Gasteiger partial charge in [0.1, 0.15) is 6.10 Å². The average molecular weight is 280 g/mol. The van der Waals surface area contributed by atoms with Gasteiger partial charge in [-0.15, -0.1) is 0 Å². The largest absolute Gasteiger partial charge is 0.454 e. The smallest absolute Gasteiger partial charge is 0.334 e. The highest BCUT2D eigenvalue weighted by Crippen LogP contribution is 2.46. The van der Waals surface area contributed by atoms with Crippen molar-refractivity contribution in [3.05, 3.63) is 23.8 Å². The van der Waals surface area contributed by atoms with Gasteiger partial charge < -0.3 is 19.7 Å². The molecule has 2 aliphatic heterocycles. The summed E-state index contributed by atoms with van der Waals surface area (Å²) in [5, 5.41) is 19.9. The third kappa shape index (κ3) is 2.20. The van der Waals surface area contributed by atoms with Gasteiger partial charge >= 0.3 is 5.97 Å². The normalized spacial score (nSPS) is 44.2. The number of carbonyl (C=O) groups excluding carboxylic acids is 1. The fourth-order valence-electron chi connectivity index (χ4n) is 3.34. The summed E-state index contributed by atoms with van der Waals surface area (Å²) in [6, 6.07) is 0. The van der Waals surface area contributed by atoms with Gasteiger partial charge in [0.05, 0.1) is 30.3 Å². The van der Waals surface area contributed by atoms with E-state index in [-0.39, 0.29) is 18.3 Å². The van der Waals surface area contributed by atoms with E-state index < -0.39 is 24.1 Å². The highest BCUT2D eigenvalue weighted by Gasteiger charge is 2.55. The Labute approximate surface area is 117 Å². The number of ether oxygens (including phenoxy) is 2. The standard InChI is InChI=1S/C15H20O5/c1-8-13-10(17)6-15(2)12(20-15)4-3-9(7-16)5-11(13)19-14(8)18/h5,10-13,16-17H,1,3-4,6-7H2,2H3. The molecular formula is C15H20O5. The van der Waals surface area contributed by atoms with Gasteiger partial charge in [-0.1, -0.05) is 6.58 Å². The van der Waals surface area contributed by atoms with Gasteiger partial charge in [-0.2, -0.15) is 0 Å². The molecule has 5 atom stereocenters. The van der Waals surface area contributed by atoms with Crippen molar-refractivity contribution in [1.82, 2.24) is 0 Å². The first-order chi connectivity index (χ1) is 9.44. The molecule has 5 unspecified atom stereocenters. The molecule has 0 radical (unpaired) electrons.